The number of hydrogen-bond donors (Lipinski definition) is 1. The Hall–Kier alpha value is -1.68. The van der Waals surface area contributed by atoms with Crippen LogP contribution in [-0.2, 0) is 4.79 Å². The number of thioether (sulfide) groups is 1. The lowest BCUT2D eigenvalue weighted by Crippen LogP contribution is -2.41. The summed E-state index contributed by atoms with van der Waals surface area (Å²) in [6.45, 7) is 8.35. The largest absolute Gasteiger partial charge is 0.294 e. The molecule has 0 radical (unpaired) electrons. The van der Waals surface area contributed by atoms with Gasteiger partial charge in [0.05, 0.1) is 11.4 Å². The number of amides is 1. The first kappa shape index (κ1) is 13.3. The van der Waals surface area contributed by atoms with Crippen molar-refractivity contribution in [1.82, 2.24) is 5.43 Å². The molecule has 1 aromatic rings. The maximum atomic E-state index is 12.9. The molecule has 0 aliphatic carbocycles. The van der Waals surface area contributed by atoms with E-state index in [2.05, 4.69) is 25.9 Å². The standard InChI is InChI=1S/C16H18N2OS/c1-11-9-16(20-10-12(11)2)13(3)17-18(15(16)19)14-7-5-4-6-8-14/h4-8,17H,3,9-10H2,1-2H3/t16-/m1/s1. The number of anilines is 1. The molecule has 1 saturated heterocycles. The maximum Gasteiger partial charge on any atom is 0.268 e. The van der Waals surface area contributed by atoms with Gasteiger partial charge in [0, 0.05) is 5.75 Å². The van der Waals surface area contributed by atoms with E-state index in [1.54, 1.807) is 16.8 Å². The molecule has 2 heterocycles. The molecule has 0 bridgehead atoms. The Kier molecular flexibility index (Phi) is 3.13. The molecule has 104 valence electrons. The Bertz CT molecular complexity index is 608. The molecule has 1 amide bonds. The van der Waals surface area contributed by atoms with Gasteiger partial charge in [0.25, 0.3) is 5.91 Å². The lowest BCUT2D eigenvalue weighted by molar-refractivity contribution is -0.118. The highest BCUT2D eigenvalue weighted by molar-refractivity contribution is 8.01. The second-order valence-corrected chi connectivity index (χ2v) is 6.69. The van der Waals surface area contributed by atoms with E-state index in [0.717, 1.165) is 23.6 Å². The van der Waals surface area contributed by atoms with Gasteiger partial charge in [-0.05, 0) is 32.4 Å². The summed E-state index contributed by atoms with van der Waals surface area (Å²) >= 11 is 1.69. The smallest absolute Gasteiger partial charge is 0.268 e. The number of carbonyl (C=O) groups excluding carboxylic acids is 1. The fourth-order valence-corrected chi connectivity index (χ4v) is 4.07. The Morgan fingerprint density at radius 3 is 2.60 bits per heavy atom. The minimum absolute atomic E-state index is 0.0885. The first-order valence-corrected chi connectivity index (χ1v) is 7.68. The summed E-state index contributed by atoms with van der Waals surface area (Å²) in [6.07, 6.45) is 0.748. The van der Waals surface area contributed by atoms with E-state index in [0.29, 0.717) is 0 Å². The molecule has 3 rings (SSSR count). The average Bonchev–Trinajstić information content (AvgIpc) is 2.69. The lowest BCUT2D eigenvalue weighted by atomic mass is 9.93. The fraction of sp³-hybridized carbons (Fsp3) is 0.312. The van der Waals surface area contributed by atoms with Crippen molar-refractivity contribution in [1.29, 1.82) is 0 Å². The Morgan fingerprint density at radius 1 is 1.25 bits per heavy atom. The highest BCUT2D eigenvalue weighted by Crippen LogP contribution is 2.47. The van der Waals surface area contributed by atoms with Crippen LogP contribution in [0.15, 0.2) is 53.8 Å². The minimum atomic E-state index is -0.542. The quantitative estimate of drug-likeness (QED) is 0.804. The van der Waals surface area contributed by atoms with Gasteiger partial charge >= 0.3 is 0 Å². The first-order valence-electron chi connectivity index (χ1n) is 6.69. The second-order valence-electron chi connectivity index (χ2n) is 5.42. The number of rotatable bonds is 1. The molecule has 0 saturated carbocycles. The number of carbonyl (C=O) groups is 1. The monoisotopic (exact) mass is 286 g/mol. The van der Waals surface area contributed by atoms with Crippen LogP contribution in [0.1, 0.15) is 20.3 Å². The number of hydrogen-bond acceptors (Lipinski definition) is 3. The van der Waals surface area contributed by atoms with Gasteiger partial charge in [-0.15, -0.1) is 11.8 Å². The molecule has 1 atom stereocenters. The van der Waals surface area contributed by atoms with Crippen molar-refractivity contribution in [2.24, 2.45) is 0 Å². The lowest BCUT2D eigenvalue weighted by Gasteiger charge is -2.31. The van der Waals surface area contributed by atoms with E-state index in [1.807, 2.05) is 30.3 Å². The zero-order valence-electron chi connectivity index (χ0n) is 11.8. The number of nitrogens with zero attached hydrogens (tertiary/aromatic N) is 1. The van der Waals surface area contributed by atoms with Gasteiger partial charge in [-0.1, -0.05) is 35.9 Å². The van der Waals surface area contributed by atoms with Crippen molar-refractivity contribution >= 4 is 23.4 Å². The zero-order chi connectivity index (χ0) is 14.3. The van der Waals surface area contributed by atoms with Gasteiger partial charge in [-0.25, -0.2) is 5.01 Å². The van der Waals surface area contributed by atoms with Gasteiger partial charge in [0.15, 0.2) is 0 Å². The van der Waals surface area contributed by atoms with Crippen molar-refractivity contribution in [3.8, 4) is 0 Å². The number of benzene rings is 1. The van der Waals surface area contributed by atoms with E-state index < -0.39 is 4.75 Å². The molecule has 0 unspecified atom stereocenters. The molecule has 1 spiro atoms. The van der Waals surface area contributed by atoms with Crippen LogP contribution in [0.3, 0.4) is 0 Å². The molecule has 4 heteroatoms. The highest BCUT2D eigenvalue weighted by Gasteiger charge is 2.52. The van der Waals surface area contributed by atoms with Crippen LogP contribution < -0.4 is 10.4 Å². The summed E-state index contributed by atoms with van der Waals surface area (Å²) in [6, 6.07) is 9.67. The van der Waals surface area contributed by atoms with Crippen LogP contribution in [0.5, 0.6) is 0 Å². The molecule has 2 aliphatic heterocycles. The molecule has 20 heavy (non-hydrogen) atoms. The normalized spacial score (nSPS) is 26.4. The van der Waals surface area contributed by atoms with Gasteiger partial charge < -0.3 is 0 Å². The van der Waals surface area contributed by atoms with E-state index in [9.17, 15) is 4.79 Å². The fourth-order valence-electron chi connectivity index (χ4n) is 2.61. The molecule has 3 nitrogen and oxygen atoms in total. The first-order chi connectivity index (χ1) is 9.54. The van der Waals surface area contributed by atoms with Crippen LogP contribution in [0.4, 0.5) is 5.69 Å². The maximum absolute atomic E-state index is 12.9. The molecular weight excluding hydrogens is 268 g/mol. The second kappa shape index (κ2) is 4.70. The van der Waals surface area contributed by atoms with Gasteiger partial charge in [0.2, 0.25) is 0 Å². The van der Waals surface area contributed by atoms with E-state index in [4.69, 9.17) is 0 Å². The molecule has 2 aliphatic rings. The SMILES string of the molecule is C=C1NN(c2ccccc2)C(=O)[C@@]12CC(C)=C(C)CS2. The van der Waals surface area contributed by atoms with Gasteiger partial charge in [-0.2, -0.15) is 0 Å². The summed E-state index contributed by atoms with van der Waals surface area (Å²) in [4.78, 5) is 12.9. The van der Waals surface area contributed by atoms with Crippen molar-refractivity contribution in [3.63, 3.8) is 0 Å². The Morgan fingerprint density at radius 2 is 1.95 bits per heavy atom. The third kappa shape index (κ3) is 1.86. The molecular formula is C16H18N2OS. The Labute approximate surface area is 123 Å². The van der Waals surface area contributed by atoms with E-state index >= 15 is 0 Å². The summed E-state index contributed by atoms with van der Waals surface area (Å²) in [7, 11) is 0. The number of allylic oxidation sites excluding steroid dienone is 1. The van der Waals surface area contributed by atoms with Crippen molar-refractivity contribution in [2.75, 3.05) is 10.8 Å². The molecule has 1 fully saturated rings. The molecule has 1 N–H and O–H groups in total. The van der Waals surface area contributed by atoms with E-state index in [-0.39, 0.29) is 5.91 Å². The number of hydrazine groups is 1. The average molecular weight is 286 g/mol. The summed E-state index contributed by atoms with van der Waals surface area (Å²) in [5.41, 5.74) is 7.49. The zero-order valence-corrected chi connectivity index (χ0v) is 12.6. The number of para-hydroxylation sites is 1. The summed E-state index contributed by atoms with van der Waals surface area (Å²) in [5.74, 6) is 0.978. The van der Waals surface area contributed by atoms with E-state index in [1.165, 1.54) is 11.1 Å². The summed E-state index contributed by atoms with van der Waals surface area (Å²) in [5, 5.41) is 1.63. The van der Waals surface area contributed by atoms with Crippen LogP contribution in [-0.4, -0.2) is 16.4 Å². The summed E-state index contributed by atoms with van der Waals surface area (Å²) < 4.78 is -0.542. The molecule has 0 aromatic heterocycles. The topological polar surface area (TPSA) is 32.3 Å². The van der Waals surface area contributed by atoms with Crippen LogP contribution in [0.25, 0.3) is 0 Å². The van der Waals surface area contributed by atoms with Crippen LogP contribution in [0, 0.1) is 0 Å². The predicted octanol–water partition coefficient (Wildman–Crippen LogP) is 3.26. The molecule has 1 aromatic carbocycles. The van der Waals surface area contributed by atoms with Crippen LogP contribution in [0.2, 0.25) is 0 Å². The van der Waals surface area contributed by atoms with Crippen molar-refractivity contribution in [2.45, 2.75) is 25.0 Å². The third-order valence-corrected chi connectivity index (χ3v) is 5.71. The van der Waals surface area contributed by atoms with Crippen molar-refractivity contribution < 1.29 is 4.79 Å². The third-order valence-electron chi connectivity index (χ3n) is 4.07. The van der Waals surface area contributed by atoms with Crippen molar-refractivity contribution in [3.05, 3.63) is 53.8 Å². The Balaban J connectivity index is 1.96. The predicted molar refractivity (Wildman–Crippen MR) is 84.4 cm³/mol. The van der Waals surface area contributed by atoms with Crippen LogP contribution >= 0.6 is 11.8 Å². The number of nitrogens with one attached hydrogen (secondary N) is 1. The highest BCUT2D eigenvalue weighted by atomic mass is 32.2. The van der Waals surface area contributed by atoms with Gasteiger partial charge in [0.1, 0.15) is 4.75 Å². The van der Waals surface area contributed by atoms with Gasteiger partial charge in [-0.3, -0.25) is 10.2 Å². The minimum Gasteiger partial charge on any atom is -0.294 e.